The van der Waals surface area contributed by atoms with Crippen LogP contribution in [0.25, 0.3) is 0 Å². The van der Waals surface area contributed by atoms with Gasteiger partial charge in [0.05, 0.1) is 25.9 Å². The third kappa shape index (κ3) is 4.45. The summed E-state index contributed by atoms with van der Waals surface area (Å²) in [5.41, 5.74) is 1.17. The van der Waals surface area contributed by atoms with Gasteiger partial charge in [0, 0.05) is 5.56 Å². The van der Waals surface area contributed by atoms with Crippen molar-refractivity contribution in [1.29, 1.82) is 0 Å². The largest absolute Gasteiger partial charge is 0.496 e. The average Bonchev–Trinajstić information content (AvgIpc) is 2.56. The molecule has 2 rings (SSSR count). The molecule has 3 atom stereocenters. The maximum atomic E-state index is 6.20. The van der Waals surface area contributed by atoms with E-state index < -0.39 is 0 Å². The van der Waals surface area contributed by atoms with Crippen LogP contribution in [-0.4, -0.2) is 26.9 Å². The van der Waals surface area contributed by atoms with Crippen LogP contribution in [0, 0.1) is 5.92 Å². The molecular weight excluding hydrogens is 262 g/mol. The highest BCUT2D eigenvalue weighted by Crippen LogP contribution is 2.30. The van der Waals surface area contributed by atoms with Gasteiger partial charge in [0.15, 0.2) is 0 Å². The van der Waals surface area contributed by atoms with Crippen LogP contribution in [-0.2, 0) is 4.74 Å². The molecule has 0 aromatic heterocycles. The van der Waals surface area contributed by atoms with E-state index in [1.54, 1.807) is 7.11 Å². The Kier molecular flexibility index (Phi) is 6.52. The molecule has 3 unspecified atom stereocenters. The molecule has 1 fully saturated rings. The van der Waals surface area contributed by atoms with Crippen LogP contribution < -0.4 is 10.1 Å². The number of rotatable bonds is 7. The first-order valence-corrected chi connectivity index (χ1v) is 8.20. The SMILES string of the molecule is CCC1CCCC(OCC(NC)c2ccccc2OC)C1. The number of methoxy groups -OCH3 is 1. The lowest BCUT2D eigenvalue weighted by Crippen LogP contribution is -2.28. The highest BCUT2D eigenvalue weighted by atomic mass is 16.5. The Balaban J connectivity index is 1.93. The molecule has 0 spiro atoms. The summed E-state index contributed by atoms with van der Waals surface area (Å²) in [4.78, 5) is 0. The molecule has 1 saturated carbocycles. The molecule has 21 heavy (non-hydrogen) atoms. The lowest BCUT2D eigenvalue weighted by Gasteiger charge is -2.30. The minimum absolute atomic E-state index is 0.183. The van der Waals surface area contributed by atoms with E-state index in [1.165, 1.54) is 37.7 Å². The van der Waals surface area contributed by atoms with Gasteiger partial charge in [-0.2, -0.15) is 0 Å². The molecular formula is C18H29NO2. The Morgan fingerprint density at radius 3 is 2.81 bits per heavy atom. The summed E-state index contributed by atoms with van der Waals surface area (Å²) >= 11 is 0. The fourth-order valence-corrected chi connectivity index (χ4v) is 3.28. The van der Waals surface area contributed by atoms with Gasteiger partial charge in [-0.05, 0) is 31.9 Å². The van der Waals surface area contributed by atoms with Crippen LogP contribution >= 0.6 is 0 Å². The highest BCUT2D eigenvalue weighted by Gasteiger charge is 2.23. The van der Waals surface area contributed by atoms with E-state index in [2.05, 4.69) is 24.4 Å². The van der Waals surface area contributed by atoms with Crippen LogP contribution in [0.2, 0.25) is 0 Å². The molecule has 1 aliphatic rings. The maximum Gasteiger partial charge on any atom is 0.123 e. The van der Waals surface area contributed by atoms with Crippen molar-refractivity contribution in [3.63, 3.8) is 0 Å². The number of nitrogens with one attached hydrogen (secondary N) is 1. The first kappa shape index (κ1) is 16.3. The van der Waals surface area contributed by atoms with Crippen LogP contribution in [0.5, 0.6) is 5.75 Å². The molecule has 0 aliphatic heterocycles. The third-order valence-corrected chi connectivity index (χ3v) is 4.67. The Bertz CT molecular complexity index is 421. The van der Waals surface area contributed by atoms with Gasteiger partial charge in [0.25, 0.3) is 0 Å². The normalized spacial score (nSPS) is 23.8. The maximum absolute atomic E-state index is 6.20. The molecule has 118 valence electrons. The summed E-state index contributed by atoms with van der Waals surface area (Å²) in [5.74, 6) is 1.78. The number of benzene rings is 1. The summed E-state index contributed by atoms with van der Waals surface area (Å²) in [7, 11) is 3.70. The van der Waals surface area contributed by atoms with Crippen LogP contribution in [0.4, 0.5) is 0 Å². The third-order valence-electron chi connectivity index (χ3n) is 4.67. The minimum Gasteiger partial charge on any atom is -0.496 e. The quantitative estimate of drug-likeness (QED) is 0.825. The van der Waals surface area contributed by atoms with Crippen LogP contribution in [0.3, 0.4) is 0 Å². The molecule has 1 aromatic rings. The Hall–Kier alpha value is -1.06. The summed E-state index contributed by atoms with van der Waals surface area (Å²) in [6, 6.07) is 8.36. The fourth-order valence-electron chi connectivity index (χ4n) is 3.28. The van der Waals surface area contributed by atoms with Crippen LogP contribution in [0.1, 0.15) is 50.6 Å². The second kappa shape index (κ2) is 8.40. The van der Waals surface area contributed by atoms with E-state index in [4.69, 9.17) is 9.47 Å². The second-order valence-electron chi connectivity index (χ2n) is 5.98. The van der Waals surface area contributed by atoms with Gasteiger partial charge >= 0.3 is 0 Å². The van der Waals surface area contributed by atoms with Gasteiger partial charge in [0.2, 0.25) is 0 Å². The van der Waals surface area contributed by atoms with Gasteiger partial charge in [-0.1, -0.05) is 44.4 Å². The van der Waals surface area contributed by atoms with Crippen molar-refractivity contribution in [3.8, 4) is 5.75 Å². The number of likely N-dealkylation sites (N-methyl/N-ethyl adjacent to an activating group) is 1. The number of ether oxygens (including phenoxy) is 2. The predicted octanol–water partition coefficient (Wildman–Crippen LogP) is 3.94. The monoisotopic (exact) mass is 291 g/mol. The van der Waals surface area contributed by atoms with Crippen molar-refractivity contribution in [2.24, 2.45) is 5.92 Å². The van der Waals surface area contributed by atoms with Crippen molar-refractivity contribution >= 4 is 0 Å². The fraction of sp³-hybridized carbons (Fsp3) is 0.667. The predicted molar refractivity (Wildman–Crippen MR) is 86.8 cm³/mol. The second-order valence-corrected chi connectivity index (χ2v) is 5.98. The molecule has 3 heteroatoms. The van der Waals surface area contributed by atoms with Crippen molar-refractivity contribution in [2.75, 3.05) is 20.8 Å². The van der Waals surface area contributed by atoms with E-state index in [0.29, 0.717) is 12.7 Å². The van der Waals surface area contributed by atoms with E-state index >= 15 is 0 Å². The topological polar surface area (TPSA) is 30.5 Å². The Morgan fingerprint density at radius 2 is 2.10 bits per heavy atom. The first-order chi connectivity index (χ1) is 10.3. The lowest BCUT2D eigenvalue weighted by atomic mass is 9.85. The minimum atomic E-state index is 0.183. The number of para-hydroxylation sites is 1. The van der Waals surface area contributed by atoms with E-state index in [0.717, 1.165) is 11.7 Å². The number of hydrogen-bond donors (Lipinski definition) is 1. The van der Waals surface area contributed by atoms with Gasteiger partial charge in [0.1, 0.15) is 5.75 Å². The summed E-state index contributed by atoms with van der Waals surface area (Å²) in [5, 5.41) is 3.35. The Morgan fingerprint density at radius 1 is 1.29 bits per heavy atom. The zero-order valence-corrected chi connectivity index (χ0v) is 13.6. The number of hydrogen-bond acceptors (Lipinski definition) is 3. The average molecular weight is 291 g/mol. The lowest BCUT2D eigenvalue weighted by molar-refractivity contribution is 0.00184. The van der Waals surface area contributed by atoms with Gasteiger partial charge in [-0.25, -0.2) is 0 Å². The molecule has 0 amide bonds. The molecule has 0 radical (unpaired) electrons. The van der Waals surface area contributed by atoms with Crippen molar-refractivity contribution in [3.05, 3.63) is 29.8 Å². The molecule has 1 aliphatic carbocycles. The smallest absolute Gasteiger partial charge is 0.123 e. The zero-order chi connectivity index (χ0) is 15.1. The highest BCUT2D eigenvalue weighted by molar-refractivity contribution is 5.35. The molecule has 0 saturated heterocycles. The van der Waals surface area contributed by atoms with Gasteiger partial charge in [-0.3, -0.25) is 0 Å². The summed E-state index contributed by atoms with van der Waals surface area (Å²) in [6.07, 6.45) is 6.81. The van der Waals surface area contributed by atoms with Crippen molar-refractivity contribution in [1.82, 2.24) is 5.32 Å². The zero-order valence-electron chi connectivity index (χ0n) is 13.6. The standard InChI is InChI=1S/C18H29NO2/c1-4-14-8-7-9-15(12-14)21-13-17(19-2)16-10-5-6-11-18(16)20-3/h5-6,10-11,14-15,17,19H,4,7-9,12-13H2,1-3H3. The first-order valence-electron chi connectivity index (χ1n) is 8.20. The molecule has 3 nitrogen and oxygen atoms in total. The Labute approximate surface area is 129 Å². The molecule has 1 N–H and O–H groups in total. The summed E-state index contributed by atoms with van der Waals surface area (Å²) in [6.45, 7) is 3.00. The summed E-state index contributed by atoms with van der Waals surface area (Å²) < 4.78 is 11.7. The van der Waals surface area contributed by atoms with Crippen molar-refractivity contribution in [2.45, 2.75) is 51.2 Å². The van der Waals surface area contributed by atoms with Gasteiger partial charge < -0.3 is 14.8 Å². The van der Waals surface area contributed by atoms with Gasteiger partial charge in [-0.15, -0.1) is 0 Å². The van der Waals surface area contributed by atoms with E-state index in [1.807, 2.05) is 19.2 Å². The molecule has 0 heterocycles. The molecule has 0 bridgehead atoms. The van der Waals surface area contributed by atoms with Crippen molar-refractivity contribution < 1.29 is 9.47 Å². The van der Waals surface area contributed by atoms with E-state index in [-0.39, 0.29) is 6.04 Å². The van der Waals surface area contributed by atoms with Crippen LogP contribution in [0.15, 0.2) is 24.3 Å². The van der Waals surface area contributed by atoms with E-state index in [9.17, 15) is 0 Å². The molecule has 1 aromatic carbocycles.